The molecular formula is C12H21N3O. The SMILES string of the molecule is CC(O)C1CC(NC2CC2)CN(CC#N)C1. The van der Waals surface area contributed by atoms with Gasteiger partial charge in [-0.2, -0.15) is 5.26 Å². The van der Waals surface area contributed by atoms with Crippen molar-refractivity contribution in [1.82, 2.24) is 10.2 Å². The molecule has 2 N–H and O–H groups in total. The van der Waals surface area contributed by atoms with Gasteiger partial charge in [0.15, 0.2) is 0 Å². The molecule has 0 aromatic carbocycles. The Labute approximate surface area is 97.2 Å². The normalized spacial score (nSPS) is 33.3. The van der Waals surface area contributed by atoms with E-state index in [9.17, 15) is 5.11 Å². The summed E-state index contributed by atoms with van der Waals surface area (Å²) < 4.78 is 0. The first-order chi connectivity index (χ1) is 7.69. The lowest BCUT2D eigenvalue weighted by Crippen LogP contribution is -2.51. The molecule has 0 aromatic heterocycles. The van der Waals surface area contributed by atoms with Gasteiger partial charge >= 0.3 is 0 Å². The maximum absolute atomic E-state index is 9.69. The molecule has 4 nitrogen and oxygen atoms in total. The van der Waals surface area contributed by atoms with E-state index in [0.717, 1.165) is 19.5 Å². The van der Waals surface area contributed by atoms with Crippen LogP contribution in [-0.2, 0) is 0 Å². The fourth-order valence-corrected chi connectivity index (χ4v) is 2.52. The van der Waals surface area contributed by atoms with Gasteiger partial charge in [0.05, 0.1) is 18.7 Å². The zero-order valence-electron chi connectivity index (χ0n) is 9.89. The summed E-state index contributed by atoms with van der Waals surface area (Å²) in [4.78, 5) is 2.15. The van der Waals surface area contributed by atoms with Crippen LogP contribution in [0.15, 0.2) is 0 Å². The van der Waals surface area contributed by atoms with Crippen molar-refractivity contribution >= 4 is 0 Å². The van der Waals surface area contributed by atoms with Gasteiger partial charge in [0, 0.05) is 25.2 Å². The average Bonchev–Trinajstić information content (AvgIpc) is 3.01. The van der Waals surface area contributed by atoms with E-state index < -0.39 is 0 Å². The summed E-state index contributed by atoms with van der Waals surface area (Å²) in [5, 5.41) is 22.0. The largest absolute Gasteiger partial charge is 0.393 e. The molecule has 2 aliphatic rings. The molecular weight excluding hydrogens is 202 g/mol. The number of piperidine rings is 1. The van der Waals surface area contributed by atoms with Crippen LogP contribution in [0, 0.1) is 17.2 Å². The summed E-state index contributed by atoms with van der Waals surface area (Å²) in [6.45, 7) is 4.14. The zero-order valence-corrected chi connectivity index (χ0v) is 9.89. The number of hydrogen-bond acceptors (Lipinski definition) is 4. The van der Waals surface area contributed by atoms with E-state index in [1.807, 2.05) is 6.92 Å². The van der Waals surface area contributed by atoms with Crippen LogP contribution < -0.4 is 5.32 Å². The summed E-state index contributed by atoms with van der Waals surface area (Å²) in [6, 6.07) is 3.35. The molecule has 1 aliphatic carbocycles. The van der Waals surface area contributed by atoms with Crippen molar-refractivity contribution < 1.29 is 5.11 Å². The van der Waals surface area contributed by atoms with Gasteiger partial charge in [-0.15, -0.1) is 0 Å². The summed E-state index contributed by atoms with van der Waals surface area (Å²) in [5.41, 5.74) is 0. The first-order valence-electron chi connectivity index (χ1n) is 6.22. The molecule has 90 valence electrons. The molecule has 0 aromatic rings. The molecule has 16 heavy (non-hydrogen) atoms. The molecule has 2 fully saturated rings. The smallest absolute Gasteiger partial charge is 0.0866 e. The van der Waals surface area contributed by atoms with Crippen molar-refractivity contribution in [3.8, 4) is 6.07 Å². The molecule has 1 aliphatic heterocycles. The molecule has 0 bridgehead atoms. The van der Waals surface area contributed by atoms with Gasteiger partial charge < -0.3 is 10.4 Å². The summed E-state index contributed by atoms with van der Waals surface area (Å²) >= 11 is 0. The highest BCUT2D eigenvalue weighted by molar-refractivity contribution is 4.93. The zero-order chi connectivity index (χ0) is 11.5. The molecule has 0 spiro atoms. The number of aliphatic hydroxyl groups is 1. The first kappa shape index (κ1) is 11.8. The Morgan fingerprint density at radius 2 is 2.19 bits per heavy atom. The first-order valence-corrected chi connectivity index (χ1v) is 6.22. The van der Waals surface area contributed by atoms with Gasteiger partial charge in [-0.1, -0.05) is 0 Å². The van der Waals surface area contributed by atoms with E-state index in [4.69, 9.17) is 5.26 Å². The van der Waals surface area contributed by atoms with E-state index >= 15 is 0 Å². The van der Waals surface area contributed by atoms with Crippen molar-refractivity contribution in [2.45, 2.75) is 44.4 Å². The number of rotatable bonds is 4. The van der Waals surface area contributed by atoms with Crippen LogP contribution in [0.3, 0.4) is 0 Å². The summed E-state index contributed by atoms with van der Waals surface area (Å²) in [5.74, 6) is 0.304. The minimum absolute atomic E-state index is 0.273. The van der Waals surface area contributed by atoms with Crippen LogP contribution in [0.2, 0.25) is 0 Å². The van der Waals surface area contributed by atoms with Gasteiger partial charge in [-0.25, -0.2) is 0 Å². The van der Waals surface area contributed by atoms with E-state index in [1.54, 1.807) is 0 Å². The minimum atomic E-state index is -0.273. The number of hydrogen-bond donors (Lipinski definition) is 2. The Balaban J connectivity index is 1.89. The fraction of sp³-hybridized carbons (Fsp3) is 0.917. The second kappa shape index (κ2) is 5.13. The van der Waals surface area contributed by atoms with E-state index in [1.165, 1.54) is 12.8 Å². The lowest BCUT2D eigenvalue weighted by molar-refractivity contribution is 0.0530. The number of likely N-dealkylation sites (tertiary alicyclic amines) is 1. The second-order valence-corrected chi connectivity index (χ2v) is 5.23. The van der Waals surface area contributed by atoms with Crippen LogP contribution in [-0.4, -0.2) is 47.8 Å². The molecule has 1 saturated carbocycles. The molecule has 3 unspecified atom stereocenters. The fourth-order valence-electron chi connectivity index (χ4n) is 2.52. The second-order valence-electron chi connectivity index (χ2n) is 5.23. The number of nitrogens with zero attached hydrogens (tertiary/aromatic N) is 2. The predicted octanol–water partition coefficient (Wildman–Crippen LogP) is 0.333. The van der Waals surface area contributed by atoms with Gasteiger partial charge in [-0.05, 0) is 32.1 Å². The third-order valence-corrected chi connectivity index (χ3v) is 3.58. The van der Waals surface area contributed by atoms with E-state index in [-0.39, 0.29) is 6.10 Å². The minimum Gasteiger partial charge on any atom is -0.393 e. The van der Waals surface area contributed by atoms with Crippen LogP contribution in [0.1, 0.15) is 26.2 Å². The average molecular weight is 223 g/mol. The summed E-state index contributed by atoms with van der Waals surface area (Å²) in [6.07, 6.45) is 3.34. The molecule has 2 rings (SSSR count). The van der Waals surface area contributed by atoms with Crippen molar-refractivity contribution in [2.24, 2.45) is 5.92 Å². The third-order valence-electron chi connectivity index (χ3n) is 3.58. The Morgan fingerprint density at radius 1 is 1.44 bits per heavy atom. The van der Waals surface area contributed by atoms with Gasteiger partial charge in [0.25, 0.3) is 0 Å². The van der Waals surface area contributed by atoms with Crippen molar-refractivity contribution in [1.29, 1.82) is 5.26 Å². The Morgan fingerprint density at radius 3 is 2.75 bits per heavy atom. The molecule has 0 radical (unpaired) electrons. The molecule has 3 atom stereocenters. The lowest BCUT2D eigenvalue weighted by Gasteiger charge is -2.38. The quantitative estimate of drug-likeness (QED) is 0.674. The molecule has 4 heteroatoms. The molecule has 1 heterocycles. The highest BCUT2D eigenvalue weighted by Crippen LogP contribution is 2.25. The number of nitrogens with one attached hydrogen (secondary N) is 1. The third kappa shape index (κ3) is 3.18. The van der Waals surface area contributed by atoms with E-state index in [2.05, 4.69) is 16.3 Å². The molecule has 0 amide bonds. The Kier molecular flexibility index (Phi) is 3.80. The maximum Gasteiger partial charge on any atom is 0.0866 e. The topological polar surface area (TPSA) is 59.3 Å². The van der Waals surface area contributed by atoms with Gasteiger partial charge in [0.1, 0.15) is 0 Å². The van der Waals surface area contributed by atoms with Crippen molar-refractivity contribution in [2.75, 3.05) is 19.6 Å². The monoisotopic (exact) mass is 223 g/mol. The van der Waals surface area contributed by atoms with Crippen LogP contribution in [0.4, 0.5) is 0 Å². The number of aliphatic hydroxyl groups excluding tert-OH is 1. The van der Waals surface area contributed by atoms with E-state index in [0.29, 0.717) is 24.5 Å². The number of nitriles is 1. The standard InChI is InChI=1S/C12H21N3O/c1-9(16)10-6-12(14-11-2-3-11)8-15(7-10)5-4-13/h9-12,14,16H,2-3,5-8H2,1H3. The van der Waals surface area contributed by atoms with Crippen LogP contribution in [0.25, 0.3) is 0 Å². The molecule has 1 saturated heterocycles. The highest BCUT2D eigenvalue weighted by Gasteiger charge is 2.32. The lowest BCUT2D eigenvalue weighted by atomic mass is 9.90. The van der Waals surface area contributed by atoms with Crippen molar-refractivity contribution in [3.05, 3.63) is 0 Å². The maximum atomic E-state index is 9.69. The predicted molar refractivity (Wildman–Crippen MR) is 61.8 cm³/mol. The van der Waals surface area contributed by atoms with Crippen LogP contribution in [0.5, 0.6) is 0 Å². The van der Waals surface area contributed by atoms with Crippen molar-refractivity contribution in [3.63, 3.8) is 0 Å². The Bertz CT molecular complexity index is 270. The van der Waals surface area contributed by atoms with Gasteiger partial charge in [0.2, 0.25) is 0 Å². The summed E-state index contributed by atoms with van der Waals surface area (Å²) in [7, 11) is 0. The van der Waals surface area contributed by atoms with Gasteiger partial charge in [-0.3, -0.25) is 4.90 Å². The Hall–Kier alpha value is -0.630. The van der Waals surface area contributed by atoms with Crippen LogP contribution >= 0.6 is 0 Å². The highest BCUT2D eigenvalue weighted by atomic mass is 16.3.